The average molecular weight is 318 g/mol. The number of carbonyl (C=O) groups excluding carboxylic acids is 1. The number of hydrogen-bond donors (Lipinski definition) is 1. The third-order valence-corrected chi connectivity index (χ3v) is 3.58. The van der Waals surface area contributed by atoms with Crippen LogP contribution in [0.5, 0.6) is 0 Å². The molecular weight excluding hydrogens is 304 g/mol. The molecule has 0 amide bonds. The lowest BCUT2D eigenvalue weighted by molar-refractivity contribution is 0.0601. The molecule has 6 nitrogen and oxygen atoms in total. The van der Waals surface area contributed by atoms with Gasteiger partial charge in [-0.15, -0.1) is 0 Å². The van der Waals surface area contributed by atoms with Crippen LogP contribution in [-0.4, -0.2) is 23.0 Å². The highest BCUT2D eigenvalue weighted by molar-refractivity contribution is 6.05. The molecule has 0 aliphatic heterocycles. The van der Waals surface area contributed by atoms with E-state index in [4.69, 9.17) is 4.74 Å². The van der Waals surface area contributed by atoms with E-state index >= 15 is 0 Å². The molecule has 2 heterocycles. The normalized spacial score (nSPS) is 10.2. The molecule has 24 heavy (non-hydrogen) atoms. The van der Waals surface area contributed by atoms with Crippen molar-refractivity contribution in [2.24, 2.45) is 0 Å². The molecule has 0 saturated carbocycles. The quantitative estimate of drug-likeness (QED) is 0.745. The molecule has 0 aliphatic rings. The Balaban J connectivity index is 2.23. The van der Waals surface area contributed by atoms with Crippen LogP contribution in [0.15, 0.2) is 42.6 Å². The molecule has 0 saturated heterocycles. The number of anilines is 2. The summed E-state index contributed by atoms with van der Waals surface area (Å²) < 4.78 is 4.84. The van der Waals surface area contributed by atoms with Crippen molar-refractivity contribution in [1.29, 1.82) is 5.26 Å². The molecule has 3 aromatic rings. The highest BCUT2D eigenvalue weighted by Crippen LogP contribution is 2.30. The number of hydrogen-bond acceptors (Lipinski definition) is 6. The van der Waals surface area contributed by atoms with Crippen molar-refractivity contribution >= 4 is 28.4 Å². The van der Waals surface area contributed by atoms with E-state index in [1.54, 1.807) is 18.2 Å². The predicted octanol–water partition coefficient (Wildman–Crippen LogP) is 3.34. The lowest BCUT2D eigenvalue weighted by atomic mass is 10.1. The molecule has 0 atom stereocenters. The minimum Gasteiger partial charge on any atom is -0.465 e. The number of methoxy groups -OCH3 is 1. The first-order valence-corrected chi connectivity index (χ1v) is 7.25. The van der Waals surface area contributed by atoms with Gasteiger partial charge in [-0.1, -0.05) is 12.1 Å². The summed E-state index contributed by atoms with van der Waals surface area (Å²) in [6, 6.07) is 12.9. The fourth-order valence-corrected chi connectivity index (χ4v) is 2.40. The zero-order chi connectivity index (χ0) is 17.1. The topological polar surface area (TPSA) is 87.9 Å². The summed E-state index contributed by atoms with van der Waals surface area (Å²) in [4.78, 5) is 20.7. The van der Waals surface area contributed by atoms with Gasteiger partial charge in [0.2, 0.25) is 0 Å². The summed E-state index contributed by atoms with van der Waals surface area (Å²) in [5.41, 5.74) is 3.20. The molecular formula is C18H14N4O2. The number of ether oxygens (including phenoxy) is 1. The smallest absolute Gasteiger partial charge is 0.341 e. The van der Waals surface area contributed by atoms with Gasteiger partial charge in [0, 0.05) is 17.3 Å². The first-order chi connectivity index (χ1) is 11.6. The highest BCUT2D eigenvalue weighted by atomic mass is 16.5. The number of rotatable bonds is 3. The second kappa shape index (κ2) is 6.34. The average Bonchev–Trinajstić information content (AvgIpc) is 2.61. The fraction of sp³-hybridized carbons (Fsp3) is 0.111. The second-order valence-corrected chi connectivity index (χ2v) is 5.14. The Bertz CT molecular complexity index is 976. The van der Waals surface area contributed by atoms with Crippen molar-refractivity contribution in [2.45, 2.75) is 6.92 Å². The van der Waals surface area contributed by atoms with Gasteiger partial charge in [0.15, 0.2) is 5.65 Å². The summed E-state index contributed by atoms with van der Waals surface area (Å²) in [6.07, 6.45) is 1.43. The predicted molar refractivity (Wildman–Crippen MR) is 90.1 cm³/mol. The zero-order valence-electron chi connectivity index (χ0n) is 13.2. The summed E-state index contributed by atoms with van der Waals surface area (Å²) >= 11 is 0. The van der Waals surface area contributed by atoms with Gasteiger partial charge in [-0.2, -0.15) is 5.26 Å². The Morgan fingerprint density at radius 2 is 2.04 bits per heavy atom. The van der Waals surface area contributed by atoms with Crippen molar-refractivity contribution in [3.8, 4) is 6.07 Å². The third-order valence-electron chi connectivity index (χ3n) is 3.58. The van der Waals surface area contributed by atoms with Crippen molar-refractivity contribution < 1.29 is 9.53 Å². The Labute approximate surface area is 138 Å². The number of benzene rings is 1. The molecule has 0 spiro atoms. The standard InChI is InChI=1S/C18H14N4O2/c1-11-7-8-13-16(22-15-6-4-3-5-12(15)9-19)14(18(23)24-2)10-20-17(13)21-11/h3-8,10H,1-2H3,(H,20,21,22). The molecule has 0 fully saturated rings. The largest absolute Gasteiger partial charge is 0.465 e. The first-order valence-electron chi connectivity index (χ1n) is 7.25. The maximum Gasteiger partial charge on any atom is 0.341 e. The number of para-hydroxylation sites is 1. The lowest BCUT2D eigenvalue weighted by Gasteiger charge is -2.14. The van der Waals surface area contributed by atoms with Crippen LogP contribution in [0.4, 0.5) is 11.4 Å². The number of fused-ring (bicyclic) bond motifs is 1. The SMILES string of the molecule is COC(=O)c1cnc2nc(C)ccc2c1Nc1ccccc1C#N. The van der Waals surface area contributed by atoms with Crippen LogP contribution >= 0.6 is 0 Å². The van der Waals surface area contributed by atoms with Crippen LogP contribution in [0, 0.1) is 18.3 Å². The molecule has 6 heteroatoms. The number of carbonyl (C=O) groups is 1. The Kier molecular flexibility index (Phi) is 4.08. The number of aromatic nitrogens is 2. The van der Waals surface area contributed by atoms with E-state index in [2.05, 4.69) is 21.4 Å². The van der Waals surface area contributed by atoms with E-state index < -0.39 is 5.97 Å². The van der Waals surface area contributed by atoms with Crippen LogP contribution in [0.25, 0.3) is 11.0 Å². The van der Waals surface area contributed by atoms with Gasteiger partial charge in [0.1, 0.15) is 11.6 Å². The van der Waals surface area contributed by atoms with E-state index in [0.29, 0.717) is 28.0 Å². The Hall–Kier alpha value is -3.46. The molecule has 0 aliphatic carbocycles. The first kappa shape index (κ1) is 15.4. The number of nitrogens with zero attached hydrogens (tertiary/aromatic N) is 3. The molecule has 0 radical (unpaired) electrons. The van der Waals surface area contributed by atoms with Crippen molar-refractivity contribution in [3.63, 3.8) is 0 Å². The van der Waals surface area contributed by atoms with Crippen LogP contribution in [-0.2, 0) is 4.74 Å². The van der Waals surface area contributed by atoms with Crippen molar-refractivity contribution in [3.05, 3.63) is 59.4 Å². The van der Waals surface area contributed by atoms with Crippen molar-refractivity contribution in [2.75, 3.05) is 12.4 Å². The van der Waals surface area contributed by atoms with Crippen molar-refractivity contribution in [1.82, 2.24) is 9.97 Å². The van der Waals surface area contributed by atoms with Crippen LogP contribution in [0.3, 0.4) is 0 Å². The zero-order valence-corrected chi connectivity index (χ0v) is 13.2. The van der Waals surface area contributed by atoms with Crippen LogP contribution in [0.1, 0.15) is 21.6 Å². The van der Waals surface area contributed by atoms with Gasteiger partial charge in [-0.25, -0.2) is 14.8 Å². The lowest BCUT2D eigenvalue weighted by Crippen LogP contribution is -2.08. The summed E-state index contributed by atoms with van der Waals surface area (Å²) in [5.74, 6) is -0.512. The van der Waals surface area contributed by atoms with Crippen LogP contribution in [0.2, 0.25) is 0 Å². The molecule has 1 aromatic carbocycles. The van der Waals surface area contributed by atoms with E-state index in [1.165, 1.54) is 13.3 Å². The fourth-order valence-electron chi connectivity index (χ4n) is 2.40. The number of nitrogens with one attached hydrogen (secondary N) is 1. The molecule has 0 unspecified atom stereocenters. The van der Waals surface area contributed by atoms with Crippen LogP contribution < -0.4 is 5.32 Å². The van der Waals surface area contributed by atoms with E-state index in [9.17, 15) is 10.1 Å². The van der Waals surface area contributed by atoms with E-state index in [1.807, 2.05) is 25.1 Å². The number of esters is 1. The van der Waals surface area contributed by atoms with Gasteiger partial charge in [-0.05, 0) is 31.2 Å². The number of aryl methyl sites for hydroxylation is 1. The molecule has 118 valence electrons. The molecule has 1 N–H and O–H groups in total. The molecule has 0 bridgehead atoms. The van der Waals surface area contributed by atoms with Gasteiger partial charge in [0.05, 0.1) is 24.0 Å². The van der Waals surface area contributed by atoms with Gasteiger partial charge < -0.3 is 10.1 Å². The van der Waals surface area contributed by atoms with E-state index in [-0.39, 0.29) is 5.56 Å². The van der Waals surface area contributed by atoms with Gasteiger partial charge >= 0.3 is 5.97 Å². The molecule has 3 rings (SSSR count). The second-order valence-electron chi connectivity index (χ2n) is 5.14. The Morgan fingerprint density at radius 3 is 2.79 bits per heavy atom. The maximum atomic E-state index is 12.1. The molecule has 2 aromatic heterocycles. The minimum atomic E-state index is -0.512. The minimum absolute atomic E-state index is 0.281. The Morgan fingerprint density at radius 1 is 1.25 bits per heavy atom. The number of pyridine rings is 2. The summed E-state index contributed by atoms with van der Waals surface area (Å²) in [7, 11) is 1.31. The third kappa shape index (κ3) is 2.75. The van der Waals surface area contributed by atoms with E-state index in [0.717, 1.165) is 5.69 Å². The van der Waals surface area contributed by atoms with Gasteiger partial charge in [-0.3, -0.25) is 0 Å². The monoisotopic (exact) mass is 318 g/mol. The number of nitriles is 1. The van der Waals surface area contributed by atoms with Gasteiger partial charge in [0.25, 0.3) is 0 Å². The summed E-state index contributed by atoms with van der Waals surface area (Å²) in [6.45, 7) is 1.87. The maximum absolute atomic E-state index is 12.1. The summed E-state index contributed by atoms with van der Waals surface area (Å²) in [5, 5.41) is 13.1. The highest BCUT2D eigenvalue weighted by Gasteiger charge is 2.17.